The molecule has 0 saturated heterocycles. The topological polar surface area (TPSA) is 0 Å². The fourth-order valence-electron chi connectivity index (χ4n) is 0.895. The van der Waals surface area contributed by atoms with Crippen molar-refractivity contribution in [3.8, 4) is 0 Å². The lowest BCUT2D eigenvalue weighted by Gasteiger charge is -1.86. The van der Waals surface area contributed by atoms with Gasteiger partial charge in [-0.1, -0.05) is 18.2 Å². The minimum Gasteiger partial charge on any atom is -0.0621 e. The van der Waals surface area contributed by atoms with E-state index in [2.05, 4.69) is 50.6 Å². The average molecular weight is 145 g/mol. The van der Waals surface area contributed by atoms with Gasteiger partial charge in [-0.15, -0.1) is 0 Å². The second-order valence-electron chi connectivity index (χ2n) is 2.59. The van der Waals surface area contributed by atoms with Crippen LogP contribution in [-0.4, -0.2) is 0 Å². The first-order valence-corrected chi connectivity index (χ1v) is 3.85. The van der Waals surface area contributed by atoms with E-state index in [1.165, 1.54) is 11.1 Å². The van der Waals surface area contributed by atoms with Crippen molar-refractivity contribution in [1.29, 1.82) is 0 Å². The summed E-state index contributed by atoms with van der Waals surface area (Å²) in [7, 11) is 0. The van der Waals surface area contributed by atoms with E-state index in [1.54, 1.807) is 0 Å². The number of hydrogen-bond acceptors (Lipinski definition) is 0. The summed E-state index contributed by atoms with van der Waals surface area (Å²) in [6, 6.07) is 10.3. The molecule has 1 rings (SSSR count). The fourth-order valence-corrected chi connectivity index (χ4v) is 0.895. The van der Waals surface area contributed by atoms with Gasteiger partial charge in [-0.05, 0) is 19.1 Å². The maximum atomic E-state index is 2.17. The predicted molar refractivity (Wildman–Crippen MR) is 50.1 cm³/mol. The van der Waals surface area contributed by atoms with Gasteiger partial charge in [-0.3, -0.25) is 0 Å². The van der Waals surface area contributed by atoms with Crippen LogP contribution >= 0.6 is 0 Å². The molecule has 0 spiro atoms. The number of allylic oxidation sites excluding steroid dienone is 1. The Morgan fingerprint density at radius 2 is 1.91 bits per heavy atom. The second-order valence-corrected chi connectivity index (χ2v) is 2.59. The Labute approximate surface area is 68.6 Å². The van der Waals surface area contributed by atoms with Gasteiger partial charge in [0.2, 0.25) is 0 Å². The van der Waals surface area contributed by atoms with Gasteiger partial charge in [0.15, 0.2) is 0 Å². The molecule has 0 aliphatic heterocycles. The molecule has 1 aromatic carbocycles. The summed E-state index contributed by atoms with van der Waals surface area (Å²) < 4.78 is 0. The Hall–Kier alpha value is -1.17. The lowest BCUT2D eigenvalue weighted by atomic mass is 10.1. The summed E-state index contributed by atoms with van der Waals surface area (Å²) in [5.74, 6) is 0. The number of rotatable bonds is 2. The van der Waals surface area contributed by atoms with E-state index in [1.807, 2.05) is 6.07 Å². The van der Waals surface area contributed by atoms with Gasteiger partial charge in [-0.2, -0.15) is 0 Å². The molecule has 0 unspecified atom stereocenters. The molecule has 0 nitrogen and oxygen atoms in total. The standard InChI is InChI=1S/C11H13/c1-3-10(2)9-11-7-5-4-6-8-11/h3-9H,1-2H3/q+1. The van der Waals surface area contributed by atoms with Crippen molar-refractivity contribution in [3.63, 3.8) is 0 Å². The van der Waals surface area contributed by atoms with E-state index in [4.69, 9.17) is 0 Å². The summed E-state index contributed by atoms with van der Waals surface area (Å²) >= 11 is 0. The van der Waals surface area contributed by atoms with Gasteiger partial charge >= 0.3 is 0 Å². The lowest BCUT2D eigenvalue weighted by molar-refractivity contribution is 1.37. The molecule has 0 heteroatoms. The van der Waals surface area contributed by atoms with Crippen LogP contribution in [0.25, 0.3) is 6.08 Å². The Morgan fingerprint density at radius 1 is 1.27 bits per heavy atom. The molecule has 0 aliphatic rings. The first-order valence-electron chi connectivity index (χ1n) is 3.85. The minimum atomic E-state index is 1.27. The second kappa shape index (κ2) is 3.87. The van der Waals surface area contributed by atoms with Crippen molar-refractivity contribution in [1.82, 2.24) is 0 Å². The molecule has 0 aromatic heterocycles. The summed E-state index contributed by atoms with van der Waals surface area (Å²) in [6.45, 7) is 4.15. The van der Waals surface area contributed by atoms with Crippen molar-refractivity contribution in [3.05, 3.63) is 47.9 Å². The van der Waals surface area contributed by atoms with Crippen LogP contribution in [0.15, 0.2) is 35.9 Å². The van der Waals surface area contributed by atoms with E-state index in [9.17, 15) is 0 Å². The van der Waals surface area contributed by atoms with Gasteiger partial charge < -0.3 is 0 Å². The highest BCUT2D eigenvalue weighted by Crippen LogP contribution is 2.07. The highest BCUT2D eigenvalue weighted by atomic mass is 13.9. The Morgan fingerprint density at radius 3 is 2.45 bits per heavy atom. The van der Waals surface area contributed by atoms with Crippen molar-refractivity contribution in [2.75, 3.05) is 0 Å². The molecule has 1 aromatic rings. The van der Waals surface area contributed by atoms with Crippen LogP contribution in [0, 0.1) is 6.42 Å². The van der Waals surface area contributed by atoms with E-state index in [0.29, 0.717) is 0 Å². The van der Waals surface area contributed by atoms with E-state index in [-0.39, 0.29) is 0 Å². The molecule has 11 heavy (non-hydrogen) atoms. The highest BCUT2D eigenvalue weighted by molar-refractivity contribution is 5.53. The SMILES string of the molecule is C[CH+]C(C)=Cc1ccccc1. The molecule has 0 fully saturated rings. The maximum Gasteiger partial charge on any atom is 0.104 e. The third kappa shape index (κ3) is 2.50. The monoisotopic (exact) mass is 145 g/mol. The Bertz CT molecular complexity index is 231. The van der Waals surface area contributed by atoms with Gasteiger partial charge in [0.25, 0.3) is 0 Å². The third-order valence-corrected chi connectivity index (χ3v) is 1.65. The molecular weight excluding hydrogens is 132 g/mol. The molecule has 0 saturated carbocycles. The van der Waals surface area contributed by atoms with Crippen molar-refractivity contribution < 1.29 is 0 Å². The summed E-state index contributed by atoms with van der Waals surface area (Å²) in [4.78, 5) is 0. The zero-order valence-corrected chi connectivity index (χ0v) is 7.04. The van der Waals surface area contributed by atoms with Crippen molar-refractivity contribution in [2.24, 2.45) is 0 Å². The molecule has 56 valence electrons. The van der Waals surface area contributed by atoms with Crippen molar-refractivity contribution in [2.45, 2.75) is 13.8 Å². The zero-order chi connectivity index (χ0) is 8.10. The first-order chi connectivity index (χ1) is 5.33. The minimum absolute atomic E-state index is 1.27. The molecule has 0 bridgehead atoms. The van der Waals surface area contributed by atoms with Crippen LogP contribution in [-0.2, 0) is 0 Å². The summed E-state index contributed by atoms with van der Waals surface area (Å²) in [6.07, 6.45) is 4.27. The Balaban J connectivity index is 2.79. The van der Waals surface area contributed by atoms with Gasteiger partial charge in [-0.25, -0.2) is 0 Å². The summed E-state index contributed by atoms with van der Waals surface area (Å²) in [5.41, 5.74) is 2.57. The smallest absolute Gasteiger partial charge is 0.0621 e. The van der Waals surface area contributed by atoms with Gasteiger partial charge in [0.1, 0.15) is 5.57 Å². The largest absolute Gasteiger partial charge is 0.104 e. The zero-order valence-electron chi connectivity index (χ0n) is 7.04. The average Bonchev–Trinajstić information content (AvgIpc) is 2.06. The summed E-state index contributed by atoms with van der Waals surface area (Å²) in [5, 5.41) is 0. The first kappa shape index (κ1) is 7.93. The predicted octanol–water partition coefficient (Wildman–Crippen LogP) is 3.31. The van der Waals surface area contributed by atoms with Crippen LogP contribution < -0.4 is 0 Å². The molecule has 0 heterocycles. The van der Waals surface area contributed by atoms with E-state index >= 15 is 0 Å². The molecule has 0 amide bonds. The highest BCUT2D eigenvalue weighted by Gasteiger charge is 1.95. The van der Waals surface area contributed by atoms with Crippen LogP contribution in [0.4, 0.5) is 0 Å². The van der Waals surface area contributed by atoms with Crippen LogP contribution in [0.5, 0.6) is 0 Å². The van der Waals surface area contributed by atoms with E-state index < -0.39 is 0 Å². The van der Waals surface area contributed by atoms with E-state index in [0.717, 1.165) is 0 Å². The molecule has 0 aliphatic carbocycles. The maximum absolute atomic E-state index is 2.17. The molecular formula is C11H13+. The van der Waals surface area contributed by atoms with Crippen LogP contribution in [0.1, 0.15) is 19.4 Å². The molecule has 0 atom stereocenters. The van der Waals surface area contributed by atoms with Crippen LogP contribution in [0.3, 0.4) is 0 Å². The van der Waals surface area contributed by atoms with Gasteiger partial charge in [0, 0.05) is 13.3 Å². The third-order valence-electron chi connectivity index (χ3n) is 1.65. The quantitative estimate of drug-likeness (QED) is 0.560. The number of benzene rings is 1. The molecule has 0 radical (unpaired) electrons. The van der Waals surface area contributed by atoms with Crippen LogP contribution in [0.2, 0.25) is 0 Å². The lowest BCUT2D eigenvalue weighted by Crippen LogP contribution is -1.74. The van der Waals surface area contributed by atoms with Gasteiger partial charge in [0.05, 0.1) is 11.6 Å². The number of hydrogen-bond donors (Lipinski definition) is 0. The molecule has 0 N–H and O–H groups in total. The Kier molecular flexibility index (Phi) is 2.79. The fraction of sp³-hybridized carbons (Fsp3) is 0.182. The normalized spacial score (nSPS) is 11.3. The van der Waals surface area contributed by atoms with Crippen molar-refractivity contribution >= 4 is 6.08 Å².